The first-order valence-corrected chi connectivity index (χ1v) is 8.50. The van der Waals surface area contributed by atoms with Crippen molar-refractivity contribution >= 4 is 28.8 Å². The van der Waals surface area contributed by atoms with Gasteiger partial charge >= 0.3 is 5.97 Å². The molecule has 0 aliphatic heterocycles. The Kier molecular flexibility index (Phi) is 5.59. The molecule has 0 spiro atoms. The highest BCUT2D eigenvalue weighted by Gasteiger charge is 2.13. The first-order chi connectivity index (χ1) is 13.4. The Morgan fingerprint density at radius 2 is 1.54 bits per heavy atom. The van der Waals surface area contributed by atoms with Crippen LogP contribution in [0.1, 0.15) is 32.1 Å². The normalized spacial score (nSPS) is 10.4. The molecule has 142 valence electrons. The van der Waals surface area contributed by atoms with Crippen LogP contribution in [-0.4, -0.2) is 34.4 Å². The van der Waals surface area contributed by atoms with Crippen molar-refractivity contribution in [1.82, 2.24) is 20.8 Å². The average Bonchev–Trinajstić information content (AvgIpc) is 2.71. The van der Waals surface area contributed by atoms with Crippen LogP contribution in [0.3, 0.4) is 0 Å². The molecule has 0 saturated heterocycles. The lowest BCUT2D eigenvalue weighted by Crippen LogP contribution is -2.43. The molecule has 8 nitrogen and oxygen atoms in total. The first-order valence-electron chi connectivity index (χ1n) is 8.50. The summed E-state index contributed by atoms with van der Waals surface area (Å²) < 4.78 is 4.98. The number of aromatic nitrogens is 2. The van der Waals surface area contributed by atoms with Gasteiger partial charge in [-0.2, -0.15) is 0 Å². The maximum atomic E-state index is 12.2. The van der Waals surface area contributed by atoms with Gasteiger partial charge in [0.2, 0.25) is 0 Å². The molecule has 0 aliphatic carbocycles. The minimum atomic E-state index is -0.675. The highest BCUT2D eigenvalue weighted by Crippen LogP contribution is 2.15. The fraction of sp³-hybridized carbons (Fsp3) is 0.150. The number of benzene rings is 2. The van der Waals surface area contributed by atoms with Crippen molar-refractivity contribution in [2.45, 2.75) is 13.8 Å². The van der Waals surface area contributed by atoms with Crippen molar-refractivity contribution in [3.63, 3.8) is 0 Å². The fourth-order valence-electron chi connectivity index (χ4n) is 2.40. The van der Waals surface area contributed by atoms with E-state index in [-0.39, 0.29) is 5.56 Å². The van der Waals surface area contributed by atoms with E-state index in [2.05, 4.69) is 20.8 Å². The molecule has 1 aromatic heterocycles. The van der Waals surface area contributed by atoms with Gasteiger partial charge in [-0.05, 0) is 44.2 Å². The standard InChI is InChI=1S/C20H18N4O4/c1-12-13(2)22-17-10-15(8-9-16(17)21-12)20(27)28-11-18(25)23-24-19(26)14-6-4-3-5-7-14/h3-10H,11H2,1-2H3,(H,23,25)(H,24,26). The highest BCUT2D eigenvalue weighted by molar-refractivity contribution is 5.96. The van der Waals surface area contributed by atoms with E-state index in [9.17, 15) is 14.4 Å². The number of nitrogens with zero attached hydrogens (tertiary/aromatic N) is 2. The minimum Gasteiger partial charge on any atom is -0.452 e. The number of hydrogen-bond donors (Lipinski definition) is 2. The largest absolute Gasteiger partial charge is 0.452 e. The van der Waals surface area contributed by atoms with Crippen LogP contribution in [0.2, 0.25) is 0 Å². The van der Waals surface area contributed by atoms with Gasteiger partial charge in [-0.1, -0.05) is 18.2 Å². The molecule has 0 unspecified atom stereocenters. The molecule has 2 amide bonds. The molecule has 1 heterocycles. The summed E-state index contributed by atoms with van der Waals surface area (Å²) >= 11 is 0. The SMILES string of the molecule is Cc1nc2ccc(C(=O)OCC(=O)NNC(=O)c3ccccc3)cc2nc1C. The molecule has 0 radical (unpaired) electrons. The number of aryl methyl sites for hydroxylation is 2. The number of nitrogens with one attached hydrogen (secondary N) is 2. The summed E-state index contributed by atoms with van der Waals surface area (Å²) in [7, 11) is 0. The van der Waals surface area contributed by atoms with Crippen LogP contribution in [0.15, 0.2) is 48.5 Å². The van der Waals surface area contributed by atoms with Gasteiger partial charge in [0.25, 0.3) is 11.8 Å². The summed E-state index contributed by atoms with van der Waals surface area (Å²) in [4.78, 5) is 44.6. The van der Waals surface area contributed by atoms with E-state index < -0.39 is 24.4 Å². The average molecular weight is 378 g/mol. The molecule has 28 heavy (non-hydrogen) atoms. The van der Waals surface area contributed by atoms with Gasteiger partial charge in [0.15, 0.2) is 6.61 Å². The zero-order chi connectivity index (χ0) is 20.1. The lowest BCUT2D eigenvalue weighted by molar-refractivity contribution is -0.125. The quantitative estimate of drug-likeness (QED) is 0.530. The zero-order valence-corrected chi connectivity index (χ0v) is 15.4. The van der Waals surface area contributed by atoms with Crippen molar-refractivity contribution < 1.29 is 19.1 Å². The lowest BCUT2D eigenvalue weighted by atomic mass is 10.2. The van der Waals surface area contributed by atoms with Gasteiger partial charge in [0.05, 0.1) is 28.0 Å². The Morgan fingerprint density at radius 3 is 2.25 bits per heavy atom. The third kappa shape index (κ3) is 4.47. The van der Waals surface area contributed by atoms with Crippen LogP contribution in [0.4, 0.5) is 0 Å². The molecule has 2 N–H and O–H groups in total. The van der Waals surface area contributed by atoms with Gasteiger partial charge < -0.3 is 4.74 Å². The maximum Gasteiger partial charge on any atom is 0.338 e. The van der Waals surface area contributed by atoms with E-state index in [1.165, 1.54) is 0 Å². The molecule has 3 aromatic rings. The number of carbonyl (C=O) groups is 3. The Balaban J connectivity index is 1.55. The van der Waals surface area contributed by atoms with Crippen molar-refractivity contribution in [2.75, 3.05) is 6.61 Å². The number of amides is 2. The fourth-order valence-corrected chi connectivity index (χ4v) is 2.40. The van der Waals surface area contributed by atoms with Gasteiger partial charge in [-0.15, -0.1) is 0 Å². The van der Waals surface area contributed by atoms with Gasteiger partial charge in [0, 0.05) is 5.56 Å². The number of hydrogen-bond acceptors (Lipinski definition) is 6. The Bertz CT molecular complexity index is 1050. The minimum absolute atomic E-state index is 0.256. The monoisotopic (exact) mass is 378 g/mol. The summed E-state index contributed by atoms with van der Waals surface area (Å²) in [6.45, 7) is 3.16. The van der Waals surface area contributed by atoms with Crippen LogP contribution in [-0.2, 0) is 9.53 Å². The molecule has 0 atom stereocenters. The van der Waals surface area contributed by atoms with E-state index in [0.717, 1.165) is 11.4 Å². The van der Waals surface area contributed by atoms with Crippen LogP contribution in [0.5, 0.6) is 0 Å². The third-order valence-electron chi connectivity index (χ3n) is 4.00. The first kappa shape index (κ1) is 19.0. The summed E-state index contributed by atoms with van der Waals surface area (Å²) in [6.07, 6.45) is 0. The van der Waals surface area contributed by atoms with Crippen molar-refractivity contribution in [2.24, 2.45) is 0 Å². The Labute approximate surface area is 160 Å². The summed E-state index contributed by atoms with van der Waals surface area (Å²) in [5.74, 6) is -1.81. The van der Waals surface area contributed by atoms with Crippen molar-refractivity contribution in [3.05, 3.63) is 71.0 Å². The van der Waals surface area contributed by atoms with Crippen LogP contribution in [0.25, 0.3) is 11.0 Å². The smallest absolute Gasteiger partial charge is 0.338 e. The number of rotatable bonds is 4. The predicted molar refractivity (Wildman–Crippen MR) is 101 cm³/mol. The van der Waals surface area contributed by atoms with E-state index in [1.807, 2.05) is 13.8 Å². The van der Waals surface area contributed by atoms with Crippen LogP contribution in [0, 0.1) is 13.8 Å². The topological polar surface area (TPSA) is 110 Å². The molecule has 0 aliphatic rings. The van der Waals surface area contributed by atoms with E-state index in [4.69, 9.17) is 4.74 Å². The molecule has 2 aromatic carbocycles. The molecule has 0 bridgehead atoms. The Hall–Kier alpha value is -3.81. The number of fused-ring (bicyclic) bond motifs is 1. The van der Waals surface area contributed by atoms with E-state index in [1.54, 1.807) is 48.5 Å². The second kappa shape index (κ2) is 8.26. The van der Waals surface area contributed by atoms with E-state index >= 15 is 0 Å². The number of ether oxygens (including phenoxy) is 1. The number of esters is 1. The second-order valence-corrected chi connectivity index (χ2v) is 6.04. The van der Waals surface area contributed by atoms with Gasteiger partial charge in [-0.3, -0.25) is 20.4 Å². The van der Waals surface area contributed by atoms with Crippen LogP contribution < -0.4 is 10.9 Å². The predicted octanol–water partition coefficient (Wildman–Crippen LogP) is 1.86. The lowest BCUT2D eigenvalue weighted by Gasteiger charge is -2.08. The third-order valence-corrected chi connectivity index (χ3v) is 4.00. The van der Waals surface area contributed by atoms with Gasteiger partial charge in [-0.25, -0.2) is 14.8 Å². The van der Waals surface area contributed by atoms with Crippen LogP contribution >= 0.6 is 0 Å². The molecule has 0 fully saturated rings. The Morgan fingerprint density at radius 1 is 0.857 bits per heavy atom. The molecule has 0 saturated carbocycles. The second-order valence-electron chi connectivity index (χ2n) is 6.04. The maximum absolute atomic E-state index is 12.2. The molecular formula is C20H18N4O4. The number of carbonyl (C=O) groups excluding carboxylic acids is 3. The molecule has 8 heteroatoms. The summed E-state index contributed by atoms with van der Waals surface area (Å²) in [5, 5.41) is 0. The molecular weight excluding hydrogens is 360 g/mol. The van der Waals surface area contributed by atoms with Gasteiger partial charge in [0.1, 0.15) is 0 Å². The highest BCUT2D eigenvalue weighted by atomic mass is 16.5. The van der Waals surface area contributed by atoms with E-state index in [0.29, 0.717) is 16.6 Å². The zero-order valence-electron chi connectivity index (χ0n) is 15.4. The summed E-state index contributed by atoms with van der Waals surface area (Å²) in [5.41, 5.74) is 7.91. The molecule has 3 rings (SSSR count). The van der Waals surface area contributed by atoms with Crippen molar-refractivity contribution in [1.29, 1.82) is 0 Å². The summed E-state index contributed by atoms with van der Waals surface area (Å²) in [6, 6.07) is 13.2. The van der Waals surface area contributed by atoms with Crippen molar-refractivity contribution in [3.8, 4) is 0 Å². The number of hydrazine groups is 1.